The van der Waals surface area contributed by atoms with E-state index in [2.05, 4.69) is 85.4 Å². The van der Waals surface area contributed by atoms with Gasteiger partial charge in [0, 0.05) is 92.1 Å². The van der Waals surface area contributed by atoms with E-state index < -0.39 is 194 Å². The molecule has 2 aliphatic heterocycles. The molecular formula is C80H122N20O17S2. The SMILES string of the molecule is CCCCCCCCCCCCCCCC(=O)NCC(=O)N[C@@H](CO)C(=O)N[C@H](CCC(N)=O)C(=O)N[C@@H](Cc1cnc[nH]1)C(=O)N[C@@H](CO)C(=O)N[C@@H](CCCC)C(=O)N[C@H]1CCSSCC[C@@H](C(N)=O)NC(=O)[C@H](Cc2c[nH]c3ccccc23)NC(=O)[C@H](CCCN=C(N)N)NC(=O)[C@@H](Cc2ccccc2)NC(=O)[C@@H]2C[C@@H](O)CN2C1=O. The summed E-state index contributed by atoms with van der Waals surface area (Å²) in [6, 6.07) is -1.14. The van der Waals surface area contributed by atoms with Gasteiger partial charge in [-0.25, -0.2) is 4.98 Å². The number of nitrogens with one attached hydrogen (secondary N) is 13. The number of benzene rings is 2. The summed E-state index contributed by atoms with van der Waals surface area (Å²) in [5, 5.41) is 61.5. The molecule has 0 saturated carbocycles. The van der Waals surface area contributed by atoms with Gasteiger partial charge in [0.2, 0.25) is 82.7 Å². The second-order valence-corrected chi connectivity index (χ2v) is 32.7. The standard InChI is InChI=1S/C80H122N20O17S2/c1-3-5-7-8-9-10-11-12-13-14-15-16-20-30-67(105)88-44-68(106)90-63(46-101)76(114)94-58(31-32-66(81)104)72(110)97-62(40-51-43-85-48-89-51)75(113)99-64(47-102)77(115)93-56(27-6-4-2)70(108)95-59-34-37-119-118-36-33-55(69(82)107)91-74(112)61(39-50-42-87-54-28-22-21-26-53(50)54)96-71(109)57(29-23-35-86-80(83)84)92-73(111)60(38-49-24-18-17-19-25-49)98-78(116)65-41-52(103)45-100(65)79(59)117/h17-19,21-22,24-26,28,42-43,48,52,55-65,87,101-103H,3-16,20,23,27,29-41,44-47H2,1-2H3,(H2,81,104)(H2,82,107)(H,85,89)(H,88,105)(H,90,106)(H,91,112)(H,92,111)(H,93,115)(H,94,114)(H,95,108)(H,96,109)(H,97,110)(H,98,116)(H,99,113)(H4,83,84,86)/t52-,55+,56+,57+,58-,59+,60-,61+,62+,63+,64+,65+/m1/s1. The van der Waals surface area contributed by atoms with E-state index in [1.165, 1.54) is 85.5 Å². The number of unbranched alkanes of at least 4 members (excludes halogenated alkanes) is 13. The number of carbonyl (C=O) groups excluding carboxylic acids is 14. The van der Waals surface area contributed by atoms with Crippen LogP contribution in [0.2, 0.25) is 0 Å². The second-order valence-electron chi connectivity index (χ2n) is 30.0. The third-order valence-corrected chi connectivity index (χ3v) is 22.9. The number of hydrogen-bond donors (Lipinski definition) is 20. The maximum absolute atomic E-state index is 15.3. The number of rotatable bonds is 46. The van der Waals surface area contributed by atoms with Crippen molar-refractivity contribution in [1.82, 2.24) is 78.3 Å². The molecule has 2 aromatic heterocycles. The fourth-order valence-electron chi connectivity index (χ4n) is 13.8. The minimum atomic E-state index is -1.86. The molecule has 2 aliphatic rings. The van der Waals surface area contributed by atoms with Crippen LogP contribution in [0.1, 0.15) is 185 Å². The molecule has 37 nitrogen and oxygen atoms in total. The van der Waals surface area contributed by atoms with Crippen molar-refractivity contribution < 1.29 is 82.4 Å². The number of aromatic amines is 2. The Morgan fingerprint density at radius 1 is 0.580 bits per heavy atom. The molecule has 119 heavy (non-hydrogen) atoms. The summed E-state index contributed by atoms with van der Waals surface area (Å²) in [4.78, 5) is 212. The lowest BCUT2D eigenvalue weighted by Gasteiger charge is -2.31. The zero-order chi connectivity index (χ0) is 86.6. The van der Waals surface area contributed by atoms with E-state index in [0.717, 1.165) is 41.5 Å². The van der Waals surface area contributed by atoms with Gasteiger partial charge in [-0.15, -0.1) is 0 Å². The highest BCUT2D eigenvalue weighted by molar-refractivity contribution is 8.76. The molecule has 0 aliphatic carbocycles. The number of guanidine groups is 1. The molecule has 4 heterocycles. The number of aromatic nitrogens is 3. The van der Waals surface area contributed by atoms with E-state index in [9.17, 15) is 77.6 Å². The maximum Gasteiger partial charge on any atom is 0.245 e. The predicted molar refractivity (Wildman–Crippen MR) is 449 cm³/mol. The summed E-state index contributed by atoms with van der Waals surface area (Å²) in [7, 11) is 2.42. The molecule has 2 fully saturated rings. The van der Waals surface area contributed by atoms with Crippen molar-refractivity contribution >= 4 is 121 Å². The van der Waals surface area contributed by atoms with E-state index >= 15 is 4.79 Å². The highest BCUT2D eigenvalue weighted by Gasteiger charge is 2.44. The first-order valence-electron chi connectivity index (χ1n) is 41.2. The number of nitrogens with zero attached hydrogens (tertiary/aromatic N) is 3. The zero-order valence-corrected chi connectivity index (χ0v) is 69.6. The number of aliphatic imine (C=N–C) groups is 1. The summed E-state index contributed by atoms with van der Waals surface area (Å²) in [6.07, 6.45) is 16.3. The Morgan fingerprint density at radius 2 is 1.13 bits per heavy atom. The third-order valence-electron chi connectivity index (χ3n) is 20.4. The molecule has 656 valence electrons. The van der Waals surface area contributed by atoms with Crippen molar-refractivity contribution in [2.24, 2.45) is 27.9 Å². The van der Waals surface area contributed by atoms with E-state index in [4.69, 9.17) is 22.9 Å². The van der Waals surface area contributed by atoms with Crippen LogP contribution in [-0.4, -0.2) is 241 Å². The molecule has 0 radical (unpaired) electrons. The lowest BCUT2D eigenvalue weighted by Crippen LogP contribution is -2.61. The van der Waals surface area contributed by atoms with Crippen LogP contribution in [0.4, 0.5) is 0 Å². The molecule has 0 spiro atoms. The number of nitrogens with two attached hydrogens (primary N) is 4. The predicted octanol–water partition coefficient (Wildman–Crippen LogP) is -0.519. The van der Waals surface area contributed by atoms with Gasteiger partial charge in [0.25, 0.3) is 0 Å². The Balaban J connectivity index is 1.18. The van der Waals surface area contributed by atoms with Gasteiger partial charge < -0.3 is 112 Å². The van der Waals surface area contributed by atoms with E-state index in [1.807, 2.05) is 18.2 Å². The number of aliphatic hydroxyl groups excluding tert-OH is 3. The number of imidazole rings is 1. The summed E-state index contributed by atoms with van der Waals surface area (Å²) < 4.78 is 0. The second kappa shape index (κ2) is 53.2. The van der Waals surface area contributed by atoms with Crippen LogP contribution >= 0.6 is 21.6 Å². The van der Waals surface area contributed by atoms with Gasteiger partial charge in [0.15, 0.2) is 5.96 Å². The van der Waals surface area contributed by atoms with Crippen molar-refractivity contribution in [2.45, 2.75) is 260 Å². The number of hydrogen-bond acceptors (Lipinski definition) is 21. The largest absolute Gasteiger partial charge is 0.394 e. The quantitative estimate of drug-likeness (QED) is 0.0115. The Bertz CT molecular complexity index is 3970. The van der Waals surface area contributed by atoms with Crippen molar-refractivity contribution in [3.8, 4) is 0 Å². The zero-order valence-electron chi connectivity index (χ0n) is 67.9. The Morgan fingerprint density at radius 3 is 1.76 bits per heavy atom. The van der Waals surface area contributed by atoms with Gasteiger partial charge in [-0.1, -0.05) is 174 Å². The first-order valence-corrected chi connectivity index (χ1v) is 43.6. The van der Waals surface area contributed by atoms with Crippen LogP contribution in [0.3, 0.4) is 0 Å². The fraction of sp³-hybridized carbons (Fsp3) is 0.600. The molecule has 2 aromatic carbocycles. The van der Waals surface area contributed by atoms with E-state index in [1.54, 1.807) is 49.5 Å². The first-order chi connectivity index (χ1) is 57.2. The minimum Gasteiger partial charge on any atom is -0.394 e. The van der Waals surface area contributed by atoms with Crippen LogP contribution < -0.4 is 81.4 Å². The number of para-hydroxylation sites is 1. The van der Waals surface area contributed by atoms with Gasteiger partial charge in [0.05, 0.1) is 32.2 Å². The fourth-order valence-corrected chi connectivity index (χ4v) is 16.0. The van der Waals surface area contributed by atoms with Crippen molar-refractivity contribution in [1.29, 1.82) is 0 Å². The van der Waals surface area contributed by atoms with E-state index in [0.29, 0.717) is 24.0 Å². The van der Waals surface area contributed by atoms with E-state index in [-0.39, 0.29) is 100 Å². The molecule has 2 saturated heterocycles. The van der Waals surface area contributed by atoms with Gasteiger partial charge in [-0.3, -0.25) is 72.1 Å². The van der Waals surface area contributed by atoms with Crippen LogP contribution in [0.5, 0.6) is 0 Å². The summed E-state index contributed by atoms with van der Waals surface area (Å²) >= 11 is 0. The summed E-state index contributed by atoms with van der Waals surface area (Å²) in [5.41, 5.74) is 24.8. The summed E-state index contributed by atoms with van der Waals surface area (Å²) in [6.45, 7) is 0.963. The first kappa shape index (κ1) is 97.5. The van der Waals surface area contributed by atoms with Gasteiger partial charge in [0.1, 0.15) is 66.5 Å². The molecule has 0 bridgehead atoms. The van der Waals surface area contributed by atoms with Crippen LogP contribution in [0.15, 0.2) is 78.3 Å². The average molecular weight is 1700 g/mol. The number of fused-ring (bicyclic) bond motifs is 2. The van der Waals surface area contributed by atoms with Crippen molar-refractivity contribution in [3.63, 3.8) is 0 Å². The normalized spacial score (nSPS) is 19.7. The molecule has 6 rings (SSSR count). The van der Waals surface area contributed by atoms with Gasteiger partial charge in [-0.05, 0) is 62.1 Å². The highest BCUT2D eigenvalue weighted by Crippen LogP contribution is 2.27. The number of aliphatic hydroxyl groups is 3. The average Bonchev–Trinajstić information content (AvgIpc) is 1.70. The monoisotopic (exact) mass is 1700 g/mol. The van der Waals surface area contributed by atoms with Crippen LogP contribution in [-0.2, 0) is 86.4 Å². The molecule has 14 amide bonds. The van der Waals surface area contributed by atoms with Crippen LogP contribution in [0, 0.1) is 0 Å². The molecule has 24 N–H and O–H groups in total. The molecule has 4 aromatic rings. The number of amides is 14. The molecule has 39 heteroatoms. The molecular weight excluding hydrogens is 1580 g/mol. The third kappa shape index (κ3) is 34.8. The van der Waals surface area contributed by atoms with Gasteiger partial charge >= 0.3 is 0 Å². The van der Waals surface area contributed by atoms with Gasteiger partial charge in [-0.2, -0.15) is 0 Å². The minimum absolute atomic E-state index is 0.0122. The lowest BCUT2D eigenvalue weighted by atomic mass is 10.0. The number of carbonyl (C=O) groups is 14. The Hall–Kier alpha value is -10.4. The lowest BCUT2D eigenvalue weighted by molar-refractivity contribution is -0.142. The molecule has 0 unspecified atom stereocenters. The van der Waals surface area contributed by atoms with Crippen molar-refractivity contribution in [3.05, 3.63) is 90.1 Å². The number of H-pyrrole nitrogens is 2. The Labute approximate surface area is 700 Å². The molecule has 12 atom stereocenters. The number of primary amides is 2. The smallest absolute Gasteiger partial charge is 0.245 e. The van der Waals surface area contributed by atoms with Crippen LogP contribution in [0.25, 0.3) is 10.9 Å². The van der Waals surface area contributed by atoms with Crippen molar-refractivity contribution in [2.75, 3.05) is 44.4 Å². The topological polar surface area (TPSA) is 596 Å². The summed E-state index contributed by atoms with van der Waals surface area (Å²) in [5.74, 6) is -12.7. The highest BCUT2D eigenvalue weighted by atomic mass is 33.1. The Kier molecular flexibility index (Phi) is 43.6. The maximum atomic E-state index is 15.3.